The Balaban J connectivity index is 1.47. The van der Waals surface area contributed by atoms with Gasteiger partial charge in [-0.1, -0.05) is 20.8 Å². The van der Waals surface area contributed by atoms with Crippen LogP contribution in [-0.4, -0.2) is 35.9 Å². The average molecular weight is 424 g/mol. The lowest BCUT2D eigenvalue weighted by molar-refractivity contribution is -0.116. The van der Waals surface area contributed by atoms with E-state index in [0.717, 1.165) is 11.3 Å². The van der Waals surface area contributed by atoms with Crippen molar-refractivity contribution in [2.75, 3.05) is 5.32 Å². The summed E-state index contributed by atoms with van der Waals surface area (Å²) >= 11 is 1.56. The molecule has 4 aromatic heterocycles. The van der Waals surface area contributed by atoms with Gasteiger partial charge in [-0.3, -0.25) is 4.79 Å². The Kier molecular flexibility index (Phi) is 5.40. The minimum atomic E-state index is -0.193. The number of aromatic nitrogens is 6. The van der Waals surface area contributed by atoms with Gasteiger partial charge in [-0.2, -0.15) is 21.1 Å². The van der Waals surface area contributed by atoms with Gasteiger partial charge in [0, 0.05) is 47.7 Å². The highest BCUT2D eigenvalue weighted by Crippen LogP contribution is 2.25. The van der Waals surface area contributed by atoms with Gasteiger partial charge >= 0.3 is 0 Å². The van der Waals surface area contributed by atoms with Crippen LogP contribution in [0.5, 0.6) is 0 Å². The molecule has 4 aromatic rings. The number of anilines is 1. The lowest BCUT2D eigenvalue weighted by atomic mass is 9.92. The summed E-state index contributed by atoms with van der Waals surface area (Å²) < 4.78 is 7.18. The Morgan fingerprint density at radius 2 is 2.03 bits per heavy atom. The number of thiophene rings is 1. The Morgan fingerprint density at radius 3 is 2.73 bits per heavy atom. The van der Waals surface area contributed by atoms with Gasteiger partial charge in [0.15, 0.2) is 0 Å². The van der Waals surface area contributed by atoms with Crippen LogP contribution in [0, 0.1) is 0 Å². The van der Waals surface area contributed by atoms with Gasteiger partial charge in [-0.25, -0.2) is 9.97 Å². The van der Waals surface area contributed by atoms with Crippen molar-refractivity contribution >= 4 is 23.1 Å². The van der Waals surface area contributed by atoms with Gasteiger partial charge in [0.05, 0.1) is 5.69 Å². The maximum Gasteiger partial charge on any atom is 0.252 e. The minimum Gasteiger partial charge on any atom is -0.421 e. The van der Waals surface area contributed by atoms with Crippen molar-refractivity contribution in [1.82, 2.24) is 29.9 Å². The second-order valence-electron chi connectivity index (χ2n) is 7.69. The fourth-order valence-corrected chi connectivity index (χ4v) is 3.30. The number of rotatable bonds is 6. The first-order valence-electron chi connectivity index (χ1n) is 9.43. The predicted octanol–water partition coefficient (Wildman–Crippen LogP) is 3.64. The largest absolute Gasteiger partial charge is 0.421 e. The lowest BCUT2D eigenvalue weighted by Gasteiger charge is -2.13. The third-order valence-corrected chi connectivity index (χ3v) is 4.97. The van der Waals surface area contributed by atoms with Gasteiger partial charge in [-0.15, -0.1) is 10.2 Å². The molecule has 0 bridgehead atoms. The number of nitrogens with zero attached hydrogens (tertiary/aromatic N) is 6. The normalized spacial score (nSPS) is 11.6. The maximum atomic E-state index is 12.6. The molecule has 1 amide bonds. The topological polar surface area (TPSA) is 112 Å². The van der Waals surface area contributed by atoms with E-state index in [1.807, 2.05) is 22.9 Å². The molecule has 154 valence electrons. The molecule has 0 saturated carbocycles. The summed E-state index contributed by atoms with van der Waals surface area (Å²) in [6, 6.07) is 5.48. The van der Waals surface area contributed by atoms with Gasteiger partial charge in [0.2, 0.25) is 17.7 Å². The molecule has 0 aliphatic carbocycles. The van der Waals surface area contributed by atoms with Crippen LogP contribution in [0.4, 0.5) is 5.82 Å². The van der Waals surface area contributed by atoms with Crippen molar-refractivity contribution in [2.24, 2.45) is 0 Å². The maximum absolute atomic E-state index is 12.6. The molecule has 0 aliphatic heterocycles. The van der Waals surface area contributed by atoms with Crippen LogP contribution in [-0.2, 0) is 16.6 Å². The van der Waals surface area contributed by atoms with Gasteiger partial charge < -0.3 is 9.73 Å². The molecule has 0 aromatic carbocycles. The highest BCUT2D eigenvalue weighted by molar-refractivity contribution is 7.08. The average Bonchev–Trinajstić information content (AvgIpc) is 3.46. The second kappa shape index (κ2) is 8.15. The monoisotopic (exact) mass is 423 g/mol. The summed E-state index contributed by atoms with van der Waals surface area (Å²) in [5.41, 5.74) is 1.51. The number of carbonyl (C=O) groups is 1. The highest BCUT2D eigenvalue weighted by Gasteiger charge is 2.22. The third kappa shape index (κ3) is 4.43. The van der Waals surface area contributed by atoms with Crippen molar-refractivity contribution in [3.63, 3.8) is 0 Å². The molecule has 0 saturated heterocycles. The molecule has 0 radical (unpaired) electrons. The van der Waals surface area contributed by atoms with E-state index in [9.17, 15) is 4.79 Å². The fraction of sp³-hybridized carbons (Fsp3) is 0.300. The van der Waals surface area contributed by atoms with E-state index >= 15 is 0 Å². The fourth-order valence-electron chi connectivity index (χ4n) is 2.67. The summed E-state index contributed by atoms with van der Waals surface area (Å²) in [5, 5.41) is 19.4. The van der Waals surface area contributed by atoms with Crippen LogP contribution in [0.2, 0.25) is 0 Å². The third-order valence-electron chi connectivity index (χ3n) is 4.29. The summed E-state index contributed by atoms with van der Waals surface area (Å²) in [4.78, 5) is 21.1. The first kappa shape index (κ1) is 19.9. The van der Waals surface area contributed by atoms with Crippen LogP contribution < -0.4 is 5.32 Å². The molecule has 1 N–H and O–H groups in total. The number of hydrogen-bond acceptors (Lipinski definition) is 8. The van der Waals surface area contributed by atoms with E-state index in [0.29, 0.717) is 30.0 Å². The minimum absolute atomic E-state index is 0.191. The SMILES string of the molecule is CC(C)(C)c1cc(NC(=O)CCc2nnc(-c3ccsc3)o2)n(-c2ncccn2)n1. The molecular weight excluding hydrogens is 402 g/mol. The van der Waals surface area contributed by atoms with E-state index in [1.54, 1.807) is 34.5 Å². The number of amides is 1. The summed E-state index contributed by atoms with van der Waals surface area (Å²) in [6.07, 6.45) is 3.79. The molecule has 0 unspecified atom stereocenters. The number of hydrogen-bond donors (Lipinski definition) is 1. The van der Waals surface area contributed by atoms with Crippen molar-refractivity contribution < 1.29 is 9.21 Å². The van der Waals surface area contributed by atoms with Crippen LogP contribution >= 0.6 is 11.3 Å². The van der Waals surface area contributed by atoms with Gasteiger partial charge in [-0.05, 0) is 17.5 Å². The molecule has 9 nitrogen and oxygen atoms in total. The van der Waals surface area contributed by atoms with Crippen LogP contribution in [0.1, 0.15) is 38.8 Å². The second-order valence-corrected chi connectivity index (χ2v) is 8.47. The first-order valence-corrected chi connectivity index (χ1v) is 10.4. The number of nitrogens with one attached hydrogen (secondary N) is 1. The van der Waals surface area contributed by atoms with E-state index in [-0.39, 0.29) is 17.7 Å². The van der Waals surface area contributed by atoms with Crippen molar-refractivity contribution in [2.45, 2.75) is 39.0 Å². The summed E-state index contributed by atoms with van der Waals surface area (Å²) in [5.74, 6) is 1.59. The standard InChI is InChI=1S/C20H21N7O2S/c1-20(2,3)14-11-15(27(26-14)19-21-8-4-9-22-19)23-16(28)5-6-17-24-25-18(29-17)13-7-10-30-12-13/h4,7-12H,5-6H2,1-3H3,(H,23,28). The predicted molar refractivity (Wildman–Crippen MR) is 112 cm³/mol. The van der Waals surface area contributed by atoms with Crippen LogP contribution in [0.25, 0.3) is 17.4 Å². The molecule has 0 spiro atoms. The molecule has 10 heteroatoms. The van der Waals surface area contributed by atoms with Crippen LogP contribution in [0.3, 0.4) is 0 Å². The van der Waals surface area contributed by atoms with Gasteiger partial charge in [0.25, 0.3) is 5.95 Å². The Morgan fingerprint density at radius 1 is 1.23 bits per heavy atom. The Bertz CT molecular complexity index is 1130. The quantitative estimate of drug-likeness (QED) is 0.504. The number of carbonyl (C=O) groups excluding carboxylic acids is 1. The molecule has 30 heavy (non-hydrogen) atoms. The zero-order valence-electron chi connectivity index (χ0n) is 16.9. The molecule has 0 fully saturated rings. The van der Waals surface area contributed by atoms with E-state index < -0.39 is 0 Å². The number of aryl methyl sites for hydroxylation is 1. The van der Waals surface area contributed by atoms with Crippen LogP contribution in [0.15, 0.2) is 45.8 Å². The first-order chi connectivity index (χ1) is 14.4. The molecule has 0 atom stereocenters. The van der Waals surface area contributed by atoms with E-state index in [1.165, 1.54) is 0 Å². The molecule has 4 rings (SSSR count). The Hall–Kier alpha value is -3.40. The highest BCUT2D eigenvalue weighted by atomic mass is 32.1. The van der Waals surface area contributed by atoms with E-state index in [4.69, 9.17) is 4.42 Å². The molecular formula is C20H21N7O2S. The van der Waals surface area contributed by atoms with Gasteiger partial charge in [0.1, 0.15) is 5.82 Å². The lowest BCUT2D eigenvalue weighted by Crippen LogP contribution is -2.16. The van der Waals surface area contributed by atoms with Crippen molar-refractivity contribution in [1.29, 1.82) is 0 Å². The zero-order valence-corrected chi connectivity index (χ0v) is 17.7. The molecule has 0 aliphatic rings. The zero-order chi connectivity index (χ0) is 21.1. The van der Waals surface area contributed by atoms with E-state index in [2.05, 4.69) is 51.4 Å². The van der Waals surface area contributed by atoms with Crippen molar-refractivity contribution in [3.05, 3.63) is 52.9 Å². The molecule has 4 heterocycles. The van der Waals surface area contributed by atoms with Crippen molar-refractivity contribution in [3.8, 4) is 17.4 Å². The summed E-state index contributed by atoms with van der Waals surface area (Å²) in [7, 11) is 0. The summed E-state index contributed by atoms with van der Waals surface area (Å²) in [6.45, 7) is 6.16. The Labute approximate surface area is 177 Å². The smallest absolute Gasteiger partial charge is 0.252 e.